The predicted octanol–water partition coefficient (Wildman–Crippen LogP) is 4.63. The van der Waals surface area contributed by atoms with Crippen LogP contribution in [-0.4, -0.2) is 33.3 Å². The van der Waals surface area contributed by atoms with Gasteiger partial charge in [0, 0.05) is 25.0 Å². The summed E-state index contributed by atoms with van der Waals surface area (Å²) >= 11 is 1.45. The molecule has 0 saturated heterocycles. The first-order valence-electron chi connectivity index (χ1n) is 8.49. The van der Waals surface area contributed by atoms with E-state index in [9.17, 15) is 4.79 Å². The van der Waals surface area contributed by atoms with Gasteiger partial charge in [-0.3, -0.25) is 9.20 Å². The smallest absolute Gasteiger partial charge is 0.265 e. The number of nitrogens with two attached hydrogens (primary N) is 1. The summed E-state index contributed by atoms with van der Waals surface area (Å²) in [5, 5.41) is 0. The van der Waals surface area contributed by atoms with Gasteiger partial charge in [-0.05, 0) is 37.0 Å². The van der Waals surface area contributed by atoms with Crippen LogP contribution in [-0.2, 0) is 0 Å². The standard InChI is InChI=1S/C18H22N4OS.2ClH/c1-11-5-3-4-6-14(11)21(2)17(23)16-10-22-15-8-7-12(19)9-13(15)20-18(22)24-16;;/h7-11,14H,3-6,19H2,1-2H3;2*1H. The molecule has 1 aliphatic rings. The maximum atomic E-state index is 12.9. The maximum absolute atomic E-state index is 12.9. The molecule has 0 spiro atoms. The molecule has 142 valence electrons. The van der Waals surface area contributed by atoms with Crippen LogP contribution < -0.4 is 5.73 Å². The fraction of sp³-hybridized carbons (Fsp3) is 0.444. The van der Waals surface area contributed by atoms with Crippen LogP contribution in [0.3, 0.4) is 0 Å². The molecule has 0 aliphatic heterocycles. The highest BCUT2D eigenvalue weighted by Gasteiger charge is 2.29. The minimum Gasteiger partial charge on any atom is -0.399 e. The number of anilines is 1. The second-order valence-corrected chi connectivity index (χ2v) is 7.86. The molecule has 2 aromatic heterocycles. The third-order valence-electron chi connectivity index (χ3n) is 5.22. The fourth-order valence-corrected chi connectivity index (χ4v) is 4.81. The molecule has 1 amide bonds. The Kier molecular flexibility index (Phi) is 6.42. The van der Waals surface area contributed by atoms with Gasteiger partial charge in [0.15, 0.2) is 4.96 Å². The van der Waals surface area contributed by atoms with E-state index in [1.165, 1.54) is 30.6 Å². The topological polar surface area (TPSA) is 63.6 Å². The van der Waals surface area contributed by atoms with E-state index in [1.54, 1.807) is 0 Å². The van der Waals surface area contributed by atoms with Gasteiger partial charge in [0.1, 0.15) is 4.88 Å². The SMILES string of the molecule is CC1CCCCC1N(C)C(=O)c1cn2c(nc3cc(N)ccc32)s1.Cl.Cl. The van der Waals surface area contributed by atoms with E-state index in [-0.39, 0.29) is 30.7 Å². The molecule has 3 aromatic rings. The van der Waals surface area contributed by atoms with Crippen LogP contribution in [0.15, 0.2) is 24.4 Å². The number of carbonyl (C=O) groups excluding carboxylic acids is 1. The van der Waals surface area contributed by atoms with E-state index in [0.29, 0.717) is 17.6 Å². The van der Waals surface area contributed by atoms with Crippen molar-refractivity contribution in [2.45, 2.75) is 38.6 Å². The van der Waals surface area contributed by atoms with Crippen LogP contribution in [0.5, 0.6) is 0 Å². The molecule has 2 N–H and O–H groups in total. The molecule has 1 saturated carbocycles. The van der Waals surface area contributed by atoms with E-state index < -0.39 is 0 Å². The lowest BCUT2D eigenvalue weighted by atomic mass is 9.85. The zero-order valence-electron chi connectivity index (χ0n) is 14.8. The van der Waals surface area contributed by atoms with Crippen LogP contribution in [0, 0.1) is 5.92 Å². The Morgan fingerprint density at radius 3 is 2.77 bits per heavy atom. The quantitative estimate of drug-likeness (QED) is 0.621. The molecule has 0 bridgehead atoms. The number of imidazole rings is 1. The van der Waals surface area contributed by atoms with Crippen LogP contribution in [0.4, 0.5) is 5.69 Å². The summed E-state index contributed by atoms with van der Waals surface area (Å²) in [7, 11) is 1.94. The molecule has 2 heterocycles. The number of fused-ring (bicyclic) bond motifs is 3. The van der Waals surface area contributed by atoms with Gasteiger partial charge in [-0.2, -0.15) is 0 Å². The van der Waals surface area contributed by atoms with Gasteiger partial charge in [0.05, 0.1) is 11.0 Å². The molecule has 1 aliphatic carbocycles. The Bertz CT molecular complexity index is 923. The van der Waals surface area contributed by atoms with E-state index >= 15 is 0 Å². The number of halogens is 2. The number of nitrogens with zero attached hydrogens (tertiary/aromatic N) is 3. The monoisotopic (exact) mass is 414 g/mol. The first kappa shape index (κ1) is 20.8. The van der Waals surface area contributed by atoms with Gasteiger partial charge in [-0.25, -0.2) is 4.98 Å². The van der Waals surface area contributed by atoms with Crippen LogP contribution in [0.25, 0.3) is 16.0 Å². The molecule has 2 atom stereocenters. The van der Waals surface area contributed by atoms with Crippen LogP contribution in [0.1, 0.15) is 42.3 Å². The van der Waals surface area contributed by atoms with Crippen molar-refractivity contribution in [3.05, 3.63) is 29.3 Å². The van der Waals surface area contributed by atoms with Crippen molar-refractivity contribution in [1.29, 1.82) is 0 Å². The predicted molar refractivity (Wildman–Crippen MR) is 113 cm³/mol. The number of benzene rings is 1. The highest BCUT2D eigenvalue weighted by Crippen LogP contribution is 2.30. The molecule has 26 heavy (non-hydrogen) atoms. The Labute approximate surface area is 169 Å². The number of thiazole rings is 1. The van der Waals surface area contributed by atoms with Crippen molar-refractivity contribution in [3.63, 3.8) is 0 Å². The normalized spacial score (nSPS) is 19.8. The van der Waals surface area contributed by atoms with E-state index in [1.807, 2.05) is 40.7 Å². The molecular weight excluding hydrogens is 391 g/mol. The fourth-order valence-electron chi connectivity index (χ4n) is 3.83. The number of aromatic nitrogens is 2. The molecular formula is C18H24Cl2N4OS. The summed E-state index contributed by atoms with van der Waals surface area (Å²) in [5.74, 6) is 0.674. The summed E-state index contributed by atoms with van der Waals surface area (Å²) in [6.45, 7) is 2.26. The maximum Gasteiger partial charge on any atom is 0.265 e. The van der Waals surface area contributed by atoms with Gasteiger partial charge in [0.25, 0.3) is 5.91 Å². The van der Waals surface area contributed by atoms with Gasteiger partial charge in [-0.1, -0.05) is 31.1 Å². The van der Waals surface area contributed by atoms with Crippen molar-refractivity contribution in [3.8, 4) is 0 Å². The third kappa shape index (κ3) is 3.50. The summed E-state index contributed by atoms with van der Waals surface area (Å²) < 4.78 is 1.99. The van der Waals surface area contributed by atoms with Gasteiger partial charge >= 0.3 is 0 Å². The largest absolute Gasteiger partial charge is 0.399 e. The van der Waals surface area contributed by atoms with Crippen molar-refractivity contribution in [1.82, 2.24) is 14.3 Å². The number of hydrogen-bond donors (Lipinski definition) is 1. The molecule has 0 radical (unpaired) electrons. The Balaban J connectivity index is 0.00000121. The lowest BCUT2D eigenvalue weighted by Crippen LogP contribution is -2.42. The zero-order valence-corrected chi connectivity index (χ0v) is 17.3. The lowest BCUT2D eigenvalue weighted by molar-refractivity contribution is 0.0633. The molecule has 4 rings (SSSR count). The summed E-state index contributed by atoms with van der Waals surface area (Å²) in [4.78, 5) is 21.0. The molecule has 8 heteroatoms. The Hall–Kier alpha value is -1.50. The number of amides is 1. The summed E-state index contributed by atoms with van der Waals surface area (Å²) in [6, 6.07) is 6.04. The number of carbonyl (C=O) groups is 1. The van der Waals surface area contributed by atoms with Gasteiger partial charge < -0.3 is 10.6 Å². The van der Waals surface area contributed by atoms with Crippen molar-refractivity contribution >= 4 is 63.7 Å². The average Bonchev–Trinajstić information content (AvgIpc) is 3.11. The van der Waals surface area contributed by atoms with Gasteiger partial charge in [-0.15, -0.1) is 24.8 Å². The van der Waals surface area contributed by atoms with Crippen molar-refractivity contribution in [2.24, 2.45) is 5.92 Å². The minimum atomic E-state index is 0. The highest BCUT2D eigenvalue weighted by atomic mass is 35.5. The second kappa shape index (κ2) is 8.03. The third-order valence-corrected chi connectivity index (χ3v) is 6.19. The highest BCUT2D eigenvalue weighted by molar-refractivity contribution is 7.18. The molecule has 5 nitrogen and oxygen atoms in total. The van der Waals surface area contributed by atoms with E-state index in [4.69, 9.17) is 5.73 Å². The average molecular weight is 415 g/mol. The van der Waals surface area contributed by atoms with Crippen LogP contribution >= 0.6 is 36.2 Å². The first-order valence-corrected chi connectivity index (χ1v) is 9.30. The molecule has 1 fully saturated rings. The number of nitrogen functional groups attached to an aromatic ring is 1. The second-order valence-electron chi connectivity index (χ2n) is 6.85. The minimum absolute atomic E-state index is 0. The summed E-state index contributed by atoms with van der Waals surface area (Å²) in [5.41, 5.74) is 8.38. The van der Waals surface area contributed by atoms with E-state index in [0.717, 1.165) is 27.3 Å². The lowest BCUT2D eigenvalue weighted by Gasteiger charge is -2.36. The van der Waals surface area contributed by atoms with Crippen molar-refractivity contribution in [2.75, 3.05) is 12.8 Å². The summed E-state index contributed by atoms with van der Waals surface area (Å²) in [6.07, 6.45) is 6.72. The zero-order chi connectivity index (χ0) is 16.8. The van der Waals surface area contributed by atoms with Crippen LogP contribution in [0.2, 0.25) is 0 Å². The molecule has 2 unspecified atom stereocenters. The number of hydrogen-bond acceptors (Lipinski definition) is 4. The number of rotatable bonds is 2. The van der Waals surface area contributed by atoms with Gasteiger partial charge in [0.2, 0.25) is 0 Å². The Morgan fingerprint density at radius 1 is 1.31 bits per heavy atom. The van der Waals surface area contributed by atoms with Crippen molar-refractivity contribution < 1.29 is 4.79 Å². The molecule has 1 aromatic carbocycles. The van der Waals surface area contributed by atoms with E-state index in [2.05, 4.69) is 11.9 Å². The first-order chi connectivity index (χ1) is 11.5. The Morgan fingerprint density at radius 2 is 2.04 bits per heavy atom.